The van der Waals surface area contributed by atoms with Gasteiger partial charge in [0.25, 0.3) is 0 Å². The molecule has 108 valence electrons. The fourth-order valence-corrected chi connectivity index (χ4v) is 3.22. The Hall–Kier alpha value is -1.31. The van der Waals surface area contributed by atoms with Gasteiger partial charge in [0.05, 0.1) is 6.42 Å². The lowest BCUT2D eigenvalue weighted by molar-refractivity contribution is -0.157. The third-order valence-electron chi connectivity index (χ3n) is 3.48. The summed E-state index contributed by atoms with van der Waals surface area (Å²) in [6, 6.07) is 1.44. The zero-order chi connectivity index (χ0) is 14.5. The lowest BCUT2D eigenvalue weighted by atomic mass is 9.94. The first kappa shape index (κ1) is 13.7. The molecule has 2 aliphatic heterocycles. The largest absolute Gasteiger partial charge is 0.463 e. The number of nitrogens with two attached hydrogens (primary N) is 1. The normalized spacial score (nSPS) is 31.7. The van der Waals surface area contributed by atoms with Crippen molar-refractivity contribution in [3.8, 4) is 0 Å². The van der Waals surface area contributed by atoms with E-state index in [-0.39, 0.29) is 24.8 Å². The van der Waals surface area contributed by atoms with E-state index in [1.165, 1.54) is 16.8 Å². The van der Waals surface area contributed by atoms with Crippen LogP contribution >= 0.6 is 23.2 Å². The summed E-state index contributed by atoms with van der Waals surface area (Å²) >= 11 is 12.7. The summed E-state index contributed by atoms with van der Waals surface area (Å²) in [5.41, 5.74) is 4.81. The monoisotopic (exact) mass is 319 g/mol. The number of nitrogens with zero attached hydrogens (tertiary/aromatic N) is 2. The molecule has 3 rings (SSSR count). The lowest BCUT2D eigenvalue weighted by Gasteiger charge is -2.28. The maximum absolute atomic E-state index is 11.9. The molecule has 20 heavy (non-hydrogen) atoms. The first-order valence-electron chi connectivity index (χ1n) is 5.93. The average molecular weight is 320 g/mol. The van der Waals surface area contributed by atoms with Crippen LogP contribution in [0.4, 0.5) is 5.82 Å². The molecule has 0 aliphatic carbocycles. The van der Waals surface area contributed by atoms with Gasteiger partial charge in [-0.1, -0.05) is 23.2 Å². The van der Waals surface area contributed by atoms with Crippen molar-refractivity contribution < 1.29 is 14.3 Å². The van der Waals surface area contributed by atoms with Crippen LogP contribution in [0.1, 0.15) is 12.6 Å². The van der Waals surface area contributed by atoms with Crippen LogP contribution in [-0.4, -0.2) is 32.6 Å². The maximum Gasteiger partial charge on any atom is 0.351 e. The zero-order valence-electron chi connectivity index (χ0n) is 10.2. The van der Waals surface area contributed by atoms with Crippen LogP contribution in [-0.2, 0) is 14.3 Å². The first-order valence-corrected chi connectivity index (χ1v) is 6.68. The second-order valence-corrected chi connectivity index (χ2v) is 6.18. The van der Waals surface area contributed by atoms with Crippen LogP contribution in [0.3, 0.4) is 0 Å². The number of hydrogen-bond acceptors (Lipinski definition) is 6. The Labute approximate surface area is 123 Å². The quantitative estimate of drug-likeness (QED) is 0.596. The van der Waals surface area contributed by atoms with Gasteiger partial charge in [0.1, 0.15) is 18.5 Å². The Kier molecular flexibility index (Phi) is 3.15. The Morgan fingerprint density at radius 1 is 1.45 bits per heavy atom. The Morgan fingerprint density at radius 3 is 2.90 bits per heavy atom. The number of carbonyl (C=O) groups is 1. The van der Waals surface area contributed by atoms with Crippen LogP contribution in [0.2, 0.25) is 0 Å². The minimum absolute atomic E-state index is 0.0469. The molecule has 3 heterocycles. The van der Waals surface area contributed by atoms with Gasteiger partial charge < -0.3 is 15.2 Å². The highest BCUT2D eigenvalue weighted by atomic mass is 35.5. The molecule has 2 N–H and O–H groups in total. The van der Waals surface area contributed by atoms with Gasteiger partial charge in [0, 0.05) is 12.1 Å². The minimum atomic E-state index is -1.42. The second-order valence-electron chi connectivity index (χ2n) is 4.74. The zero-order valence-corrected chi connectivity index (χ0v) is 11.7. The molecule has 2 fully saturated rings. The van der Waals surface area contributed by atoms with E-state index in [1.807, 2.05) is 0 Å². The second kappa shape index (κ2) is 4.61. The summed E-state index contributed by atoms with van der Waals surface area (Å²) in [4.78, 5) is 26.8. The number of nitrogen functional groups attached to an aromatic ring is 1. The number of rotatable bonds is 1. The van der Waals surface area contributed by atoms with Crippen molar-refractivity contribution in [3.05, 3.63) is 22.7 Å². The molecule has 1 aromatic rings. The van der Waals surface area contributed by atoms with Gasteiger partial charge in [-0.2, -0.15) is 4.98 Å². The van der Waals surface area contributed by atoms with Crippen molar-refractivity contribution in [2.24, 2.45) is 5.92 Å². The summed E-state index contributed by atoms with van der Waals surface area (Å²) in [7, 11) is 0. The number of esters is 1. The van der Waals surface area contributed by atoms with Gasteiger partial charge in [-0.3, -0.25) is 9.36 Å². The van der Waals surface area contributed by atoms with E-state index < -0.39 is 28.3 Å². The van der Waals surface area contributed by atoms with Crippen LogP contribution < -0.4 is 11.4 Å². The molecule has 9 heteroatoms. The molecule has 1 aromatic heterocycles. The molecule has 7 nitrogen and oxygen atoms in total. The first-order chi connectivity index (χ1) is 9.39. The van der Waals surface area contributed by atoms with E-state index in [0.717, 1.165) is 0 Å². The fraction of sp³-hybridized carbons (Fsp3) is 0.545. The summed E-state index contributed by atoms with van der Waals surface area (Å²) in [5, 5.41) is 0. The predicted molar refractivity (Wildman–Crippen MR) is 70.3 cm³/mol. The van der Waals surface area contributed by atoms with E-state index in [1.54, 1.807) is 0 Å². The molecular formula is C11H11Cl2N3O4. The molecule has 0 spiro atoms. The van der Waals surface area contributed by atoms with E-state index >= 15 is 0 Å². The summed E-state index contributed by atoms with van der Waals surface area (Å²) in [5.74, 6) is -0.736. The van der Waals surface area contributed by atoms with Crippen molar-refractivity contribution in [2.75, 3.05) is 12.3 Å². The molecule has 0 aromatic carbocycles. The average Bonchev–Trinajstić information content (AvgIpc) is 2.62. The third-order valence-corrected chi connectivity index (χ3v) is 4.41. The highest BCUT2D eigenvalue weighted by Crippen LogP contribution is 2.52. The third kappa shape index (κ3) is 2.06. The molecule has 0 unspecified atom stereocenters. The number of cyclic esters (lactones) is 1. The van der Waals surface area contributed by atoms with Gasteiger partial charge in [-0.05, 0) is 6.07 Å². The van der Waals surface area contributed by atoms with Crippen molar-refractivity contribution in [1.29, 1.82) is 0 Å². The number of anilines is 1. The van der Waals surface area contributed by atoms with Crippen molar-refractivity contribution in [1.82, 2.24) is 9.55 Å². The Bertz CT molecular complexity index is 618. The molecule has 0 radical (unpaired) electrons. The minimum Gasteiger partial charge on any atom is -0.463 e. The Balaban J connectivity index is 1.98. The fourth-order valence-electron chi connectivity index (χ4n) is 2.47. The predicted octanol–water partition coefficient (Wildman–Crippen LogP) is 0.460. The molecule has 0 amide bonds. The van der Waals surface area contributed by atoms with Crippen LogP contribution in [0.5, 0.6) is 0 Å². The van der Waals surface area contributed by atoms with Crippen LogP contribution in [0.15, 0.2) is 17.1 Å². The standard InChI is InChI=1S/C11H11Cl2N3O4/c12-11(13)5-3-8(17)19-4-6(5)20-9(11)16-2-1-7(14)15-10(16)18/h1-2,5-6,9H,3-4H2,(H2,14,15,18)/t5-,6-,9-/m1/s1. The van der Waals surface area contributed by atoms with E-state index in [9.17, 15) is 9.59 Å². The van der Waals surface area contributed by atoms with Gasteiger partial charge >= 0.3 is 11.7 Å². The Morgan fingerprint density at radius 2 is 2.20 bits per heavy atom. The van der Waals surface area contributed by atoms with E-state index in [2.05, 4.69) is 4.98 Å². The van der Waals surface area contributed by atoms with Gasteiger partial charge in [0.15, 0.2) is 10.6 Å². The smallest absolute Gasteiger partial charge is 0.351 e. The number of aromatic nitrogens is 2. The number of fused-ring (bicyclic) bond motifs is 1. The molecule has 2 saturated heterocycles. The van der Waals surface area contributed by atoms with E-state index in [4.69, 9.17) is 38.4 Å². The van der Waals surface area contributed by atoms with E-state index in [0.29, 0.717) is 0 Å². The molecule has 2 aliphatic rings. The van der Waals surface area contributed by atoms with Crippen molar-refractivity contribution >= 4 is 35.0 Å². The highest BCUT2D eigenvalue weighted by Gasteiger charge is 2.58. The number of ether oxygens (including phenoxy) is 2. The maximum atomic E-state index is 11.9. The molecule has 0 saturated carbocycles. The van der Waals surface area contributed by atoms with Crippen LogP contribution in [0.25, 0.3) is 0 Å². The molecule has 0 bridgehead atoms. The summed E-state index contributed by atoms with van der Waals surface area (Å²) in [6.45, 7) is 0.0678. The number of alkyl halides is 2. The van der Waals surface area contributed by atoms with Crippen molar-refractivity contribution in [3.63, 3.8) is 0 Å². The summed E-state index contributed by atoms with van der Waals surface area (Å²) < 4.78 is 10.3. The number of hydrogen-bond donors (Lipinski definition) is 1. The van der Waals surface area contributed by atoms with Gasteiger partial charge in [-0.25, -0.2) is 4.79 Å². The topological polar surface area (TPSA) is 96.4 Å². The van der Waals surface area contributed by atoms with Crippen molar-refractivity contribution in [2.45, 2.75) is 23.1 Å². The number of carbonyl (C=O) groups excluding carboxylic acids is 1. The molecule has 3 atom stereocenters. The molecular weight excluding hydrogens is 309 g/mol. The highest BCUT2D eigenvalue weighted by molar-refractivity contribution is 6.49. The van der Waals surface area contributed by atoms with Gasteiger partial charge in [0.2, 0.25) is 0 Å². The lowest BCUT2D eigenvalue weighted by Crippen LogP contribution is -2.40. The SMILES string of the molecule is Nc1ccn([C@@H]2O[C@@H]3COC(=O)C[C@H]3C2(Cl)Cl)c(=O)n1. The summed E-state index contributed by atoms with van der Waals surface area (Å²) in [6.07, 6.45) is 0.0632. The van der Waals surface area contributed by atoms with Crippen LogP contribution in [0, 0.1) is 5.92 Å². The van der Waals surface area contributed by atoms with Gasteiger partial charge in [-0.15, -0.1) is 0 Å². The number of halogens is 2.